The number of rotatable bonds is 19. The first kappa shape index (κ1) is 33.0. The lowest BCUT2D eigenvalue weighted by Crippen LogP contribution is -2.49. The number of hydrogen-bond acceptors (Lipinski definition) is 6. The molecule has 0 unspecified atom stereocenters. The van der Waals surface area contributed by atoms with Crippen molar-refractivity contribution in [1.82, 2.24) is 0 Å². The predicted molar refractivity (Wildman–Crippen MR) is 175 cm³/mol. The summed E-state index contributed by atoms with van der Waals surface area (Å²) in [6.07, 6.45) is 3.57. The number of aliphatic hydroxyl groups excluding tert-OH is 2. The molecule has 0 aliphatic heterocycles. The van der Waals surface area contributed by atoms with Crippen molar-refractivity contribution in [2.75, 3.05) is 26.4 Å². The van der Waals surface area contributed by atoms with Crippen LogP contribution in [0.25, 0.3) is 12.2 Å². The Bertz CT molecular complexity index is 1240. The molecule has 0 aromatic heterocycles. The van der Waals surface area contributed by atoms with E-state index in [0.717, 1.165) is 22.3 Å². The van der Waals surface area contributed by atoms with Gasteiger partial charge in [0.2, 0.25) is 0 Å². The molecular weight excluding hydrogens is 552 g/mol. The molecule has 6 nitrogen and oxygen atoms in total. The Morgan fingerprint density at radius 1 is 0.477 bits per heavy atom. The largest absolute Gasteiger partial charge is 0.388 e. The second-order valence-corrected chi connectivity index (χ2v) is 10.4. The fourth-order valence-electron chi connectivity index (χ4n) is 4.49. The molecule has 0 amide bonds. The molecule has 0 radical (unpaired) electrons. The van der Waals surface area contributed by atoms with Gasteiger partial charge in [-0.15, -0.1) is 0 Å². The van der Waals surface area contributed by atoms with E-state index in [-0.39, 0.29) is 26.4 Å². The summed E-state index contributed by atoms with van der Waals surface area (Å²) >= 11 is 0. The van der Waals surface area contributed by atoms with Crippen LogP contribution in [0.2, 0.25) is 0 Å². The average Bonchev–Trinajstić information content (AvgIpc) is 3.08. The summed E-state index contributed by atoms with van der Waals surface area (Å²) in [5.41, 5.74) is 4.04. The van der Waals surface area contributed by atoms with E-state index in [1.807, 2.05) is 146 Å². The van der Waals surface area contributed by atoms with Crippen LogP contribution in [0.4, 0.5) is 0 Å². The van der Waals surface area contributed by atoms with Crippen LogP contribution in [0, 0.1) is 0 Å². The van der Waals surface area contributed by atoms with Crippen LogP contribution in [0.3, 0.4) is 0 Å². The van der Waals surface area contributed by atoms with Crippen LogP contribution in [0.1, 0.15) is 22.3 Å². The third-order valence-corrected chi connectivity index (χ3v) is 6.94. The molecule has 0 heterocycles. The lowest BCUT2D eigenvalue weighted by Gasteiger charge is -2.31. The molecule has 2 N–H and O–H groups in total. The van der Waals surface area contributed by atoms with Crippen molar-refractivity contribution < 1.29 is 29.2 Å². The maximum absolute atomic E-state index is 11.4. The van der Waals surface area contributed by atoms with E-state index < -0.39 is 24.4 Å². The highest BCUT2D eigenvalue weighted by atomic mass is 16.6. The van der Waals surface area contributed by atoms with E-state index in [2.05, 4.69) is 0 Å². The van der Waals surface area contributed by atoms with Gasteiger partial charge in [0.25, 0.3) is 0 Å². The first-order valence-corrected chi connectivity index (χ1v) is 14.9. The van der Waals surface area contributed by atoms with Gasteiger partial charge in [-0.25, -0.2) is 0 Å². The van der Waals surface area contributed by atoms with Crippen LogP contribution in [0.5, 0.6) is 0 Å². The summed E-state index contributed by atoms with van der Waals surface area (Å²) < 4.78 is 24.0. The fraction of sp³-hybridized carbons (Fsp3) is 0.263. The van der Waals surface area contributed by atoms with Gasteiger partial charge in [-0.1, -0.05) is 146 Å². The van der Waals surface area contributed by atoms with Gasteiger partial charge < -0.3 is 29.2 Å². The molecule has 0 fully saturated rings. The van der Waals surface area contributed by atoms with Gasteiger partial charge in [-0.05, 0) is 22.3 Å². The zero-order valence-corrected chi connectivity index (χ0v) is 24.9. The highest BCUT2D eigenvalue weighted by Crippen LogP contribution is 2.16. The highest BCUT2D eigenvalue weighted by molar-refractivity contribution is 5.49. The van der Waals surface area contributed by atoms with E-state index in [4.69, 9.17) is 18.9 Å². The van der Waals surface area contributed by atoms with Gasteiger partial charge >= 0.3 is 0 Å². The van der Waals surface area contributed by atoms with E-state index >= 15 is 0 Å². The summed E-state index contributed by atoms with van der Waals surface area (Å²) in [6.45, 7) is 1.33. The van der Waals surface area contributed by atoms with Crippen molar-refractivity contribution in [1.29, 1.82) is 0 Å². The summed E-state index contributed by atoms with van der Waals surface area (Å²) in [4.78, 5) is 0. The van der Waals surface area contributed by atoms with Crippen LogP contribution in [-0.4, -0.2) is 61.1 Å². The summed E-state index contributed by atoms with van der Waals surface area (Å²) in [5.74, 6) is 0. The quantitative estimate of drug-likeness (QED) is 0.123. The number of benzene rings is 4. The van der Waals surface area contributed by atoms with Gasteiger partial charge in [0.15, 0.2) is 0 Å². The van der Waals surface area contributed by atoms with Gasteiger partial charge in [-0.2, -0.15) is 0 Å². The van der Waals surface area contributed by atoms with Crippen LogP contribution < -0.4 is 0 Å². The summed E-state index contributed by atoms with van der Waals surface area (Å²) in [7, 11) is 0. The van der Waals surface area contributed by atoms with E-state index in [9.17, 15) is 10.2 Å². The minimum atomic E-state index is -1.29. The Hall–Kier alpha value is -3.88. The van der Waals surface area contributed by atoms with Crippen molar-refractivity contribution in [2.45, 2.75) is 37.6 Å². The molecule has 4 aromatic carbocycles. The molecule has 0 aliphatic carbocycles. The molecule has 44 heavy (non-hydrogen) atoms. The third-order valence-electron chi connectivity index (χ3n) is 6.94. The Kier molecular flexibility index (Phi) is 14.6. The molecule has 6 heteroatoms. The summed E-state index contributed by atoms with van der Waals surface area (Å²) in [6, 6.07) is 39.3. The second-order valence-electron chi connectivity index (χ2n) is 10.4. The number of aliphatic hydroxyl groups is 2. The molecule has 0 spiro atoms. The topological polar surface area (TPSA) is 77.4 Å². The SMILES string of the molecule is O[C@@H]([C@H](O)[C@@H](COC/C=C/c1ccccc1)OCc1ccccc1)[C@@H](COC/C=C/c1ccccc1)OCc1ccccc1. The molecule has 230 valence electrons. The van der Waals surface area contributed by atoms with E-state index in [1.54, 1.807) is 0 Å². The Morgan fingerprint density at radius 2 is 0.818 bits per heavy atom. The van der Waals surface area contributed by atoms with Gasteiger partial charge in [0.05, 0.1) is 39.6 Å². The third kappa shape index (κ3) is 12.0. The molecule has 0 saturated heterocycles. The van der Waals surface area contributed by atoms with Crippen molar-refractivity contribution >= 4 is 12.2 Å². The molecule has 4 rings (SSSR count). The normalized spacial score (nSPS) is 14.5. The maximum atomic E-state index is 11.4. The lowest BCUT2D eigenvalue weighted by atomic mass is 10.0. The zero-order valence-electron chi connectivity index (χ0n) is 24.9. The minimum absolute atomic E-state index is 0.0796. The van der Waals surface area contributed by atoms with Crippen molar-refractivity contribution in [3.05, 3.63) is 156 Å². The smallest absolute Gasteiger partial charge is 0.111 e. The van der Waals surface area contributed by atoms with Crippen molar-refractivity contribution in [3.8, 4) is 0 Å². The predicted octanol–water partition coefficient (Wildman–Crippen LogP) is 6.34. The lowest BCUT2D eigenvalue weighted by molar-refractivity contribution is -0.166. The summed E-state index contributed by atoms with van der Waals surface area (Å²) in [5, 5.41) is 22.8. The van der Waals surface area contributed by atoms with Crippen LogP contribution >= 0.6 is 0 Å². The first-order valence-electron chi connectivity index (χ1n) is 14.9. The molecule has 0 saturated carbocycles. The fourth-order valence-corrected chi connectivity index (χ4v) is 4.49. The number of hydrogen-bond donors (Lipinski definition) is 2. The van der Waals surface area contributed by atoms with Gasteiger partial charge in [0.1, 0.15) is 24.4 Å². The Labute approximate surface area is 260 Å². The molecule has 0 aliphatic rings. The monoisotopic (exact) mass is 594 g/mol. The molecule has 0 bridgehead atoms. The van der Waals surface area contributed by atoms with E-state index in [0.29, 0.717) is 13.2 Å². The first-order chi connectivity index (χ1) is 21.7. The van der Waals surface area contributed by atoms with Crippen molar-refractivity contribution in [3.63, 3.8) is 0 Å². The standard InChI is InChI=1S/C38H42O6/c39-37(35(43-27-33-19-9-3-10-20-33)29-41-25-13-23-31-15-5-1-6-16-31)38(40)36(44-28-34-21-11-4-12-22-34)30-42-26-14-24-32-17-7-2-8-18-32/h1-24,35-40H,25-30H2/b23-13+,24-14+/t35-,36-,37-,38-/m1/s1. The highest BCUT2D eigenvalue weighted by Gasteiger charge is 2.34. The number of ether oxygens (including phenoxy) is 4. The average molecular weight is 595 g/mol. The van der Waals surface area contributed by atoms with Crippen molar-refractivity contribution in [2.24, 2.45) is 0 Å². The minimum Gasteiger partial charge on any atom is -0.388 e. The molecule has 4 aromatic rings. The second kappa shape index (κ2) is 19.4. The van der Waals surface area contributed by atoms with Crippen LogP contribution in [-0.2, 0) is 32.2 Å². The molecule has 4 atom stereocenters. The van der Waals surface area contributed by atoms with Crippen LogP contribution in [0.15, 0.2) is 133 Å². The maximum Gasteiger partial charge on any atom is 0.111 e. The molecular formula is C38H42O6. The van der Waals surface area contributed by atoms with Gasteiger partial charge in [0, 0.05) is 0 Å². The van der Waals surface area contributed by atoms with E-state index in [1.165, 1.54) is 0 Å². The zero-order chi connectivity index (χ0) is 30.7. The Morgan fingerprint density at radius 3 is 1.18 bits per heavy atom. The van der Waals surface area contributed by atoms with Gasteiger partial charge in [-0.3, -0.25) is 0 Å². The Balaban J connectivity index is 1.38.